The minimum absolute atomic E-state index is 0.000239. The normalized spacial score (nSPS) is 19.9. The monoisotopic (exact) mass is 489 g/mol. The summed E-state index contributed by atoms with van der Waals surface area (Å²) >= 11 is 0. The van der Waals surface area contributed by atoms with Gasteiger partial charge in [0.25, 0.3) is 5.91 Å². The van der Waals surface area contributed by atoms with Crippen molar-refractivity contribution in [3.63, 3.8) is 0 Å². The highest BCUT2D eigenvalue weighted by molar-refractivity contribution is 5.97. The highest BCUT2D eigenvalue weighted by atomic mass is 16.6. The summed E-state index contributed by atoms with van der Waals surface area (Å²) in [7, 11) is 1.67. The maximum Gasteiger partial charge on any atom is 0.414 e. The lowest BCUT2D eigenvalue weighted by Crippen LogP contribution is -2.59. The van der Waals surface area contributed by atoms with Gasteiger partial charge in [0.2, 0.25) is 0 Å². The Kier molecular flexibility index (Phi) is 5.82. The highest BCUT2D eigenvalue weighted by Gasteiger charge is 2.37. The van der Waals surface area contributed by atoms with Gasteiger partial charge in [0.15, 0.2) is 6.61 Å². The van der Waals surface area contributed by atoms with Crippen LogP contribution in [0.1, 0.15) is 5.56 Å². The van der Waals surface area contributed by atoms with Crippen molar-refractivity contribution < 1.29 is 23.8 Å². The molecule has 2 fully saturated rings. The number of anilines is 2. The predicted molar refractivity (Wildman–Crippen MR) is 134 cm³/mol. The predicted octanol–water partition coefficient (Wildman–Crippen LogP) is 2.37. The summed E-state index contributed by atoms with van der Waals surface area (Å²) in [6.45, 7) is 3.67. The third-order valence-electron chi connectivity index (χ3n) is 6.82. The number of amides is 2. The number of ether oxygens (including phenoxy) is 3. The standard InChI is InChI=1S/C26H27N5O5/c1-34-19-3-4-22-21(9-19)16(6-7-27-22)10-28-17-11-30(12-17)13-20-14-31(26(33)36-20)18-2-5-24-23(8-18)29-25(32)15-35-24/h2-9,17,20,28H,10-15H2,1H3,(H,29,32)/t20-/m1/s1. The first-order chi connectivity index (χ1) is 17.6. The van der Waals surface area contributed by atoms with E-state index in [4.69, 9.17) is 14.2 Å². The van der Waals surface area contributed by atoms with Crippen LogP contribution in [0, 0.1) is 0 Å². The van der Waals surface area contributed by atoms with Crippen LogP contribution < -0.4 is 25.0 Å². The Morgan fingerprint density at radius 2 is 2.03 bits per heavy atom. The van der Waals surface area contributed by atoms with E-state index in [9.17, 15) is 9.59 Å². The number of benzene rings is 2. The number of hydrogen-bond acceptors (Lipinski definition) is 8. The number of carbonyl (C=O) groups is 2. The van der Waals surface area contributed by atoms with Gasteiger partial charge in [-0.2, -0.15) is 0 Å². The topological polar surface area (TPSA) is 105 Å². The van der Waals surface area contributed by atoms with Gasteiger partial charge in [-0.15, -0.1) is 0 Å². The summed E-state index contributed by atoms with van der Waals surface area (Å²) in [5, 5.41) is 7.49. The van der Waals surface area contributed by atoms with Crippen molar-refractivity contribution in [2.24, 2.45) is 0 Å². The first-order valence-electron chi connectivity index (χ1n) is 12.0. The Labute approximate surface area is 208 Å². The first kappa shape index (κ1) is 22.6. The molecule has 0 unspecified atom stereocenters. The second kappa shape index (κ2) is 9.29. The zero-order chi connectivity index (χ0) is 24.6. The third kappa shape index (κ3) is 4.40. The molecule has 1 aromatic heterocycles. The lowest BCUT2D eigenvalue weighted by molar-refractivity contribution is -0.118. The lowest BCUT2D eigenvalue weighted by Gasteiger charge is -2.40. The number of nitrogens with zero attached hydrogens (tertiary/aromatic N) is 3. The van der Waals surface area contributed by atoms with Gasteiger partial charge in [0.05, 0.1) is 24.9 Å². The Morgan fingerprint density at radius 3 is 2.89 bits per heavy atom. The van der Waals surface area contributed by atoms with Crippen LogP contribution in [0.4, 0.5) is 16.2 Å². The number of carbonyl (C=O) groups excluding carboxylic acids is 2. The summed E-state index contributed by atoms with van der Waals surface area (Å²) in [5.74, 6) is 1.21. The molecule has 0 bridgehead atoms. The Morgan fingerprint density at radius 1 is 1.14 bits per heavy atom. The molecule has 3 aliphatic rings. The van der Waals surface area contributed by atoms with Gasteiger partial charge in [-0.3, -0.25) is 19.6 Å². The zero-order valence-corrected chi connectivity index (χ0v) is 19.9. The van der Waals surface area contributed by atoms with E-state index in [-0.39, 0.29) is 24.7 Å². The molecule has 0 spiro atoms. The maximum absolute atomic E-state index is 12.5. The van der Waals surface area contributed by atoms with Crippen LogP contribution in [0.25, 0.3) is 10.9 Å². The van der Waals surface area contributed by atoms with Crippen molar-refractivity contribution in [2.75, 3.05) is 50.1 Å². The third-order valence-corrected chi connectivity index (χ3v) is 6.82. The van der Waals surface area contributed by atoms with Crippen molar-refractivity contribution in [1.82, 2.24) is 15.2 Å². The molecule has 0 saturated carbocycles. The van der Waals surface area contributed by atoms with Crippen molar-refractivity contribution >= 4 is 34.3 Å². The molecule has 2 amide bonds. The lowest BCUT2D eigenvalue weighted by atomic mass is 10.1. The van der Waals surface area contributed by atoms with Crippen LogP contribution in [0.15, 0.2) is 48.7 Å². The number of pyridine rings is 1. The fraction of sp³-hybridized carbons (Fsp3) is 0.346. The Hall–Kier alpha value is -3.89. The van der Waals surface area contributed by atoms with Gasteiger partial charge >= 0.3 is 6.09 Å². The molecule has 10 heteroatoms. The first-order valence-corrected chi connectivity index (χ1v) is 12.0. The molecule has 4 heterocycles. The largest absolute Gasteiger partial charge is 0.497 e. The van der Waals surface area contributed by atoms with Gasteiger partial charge in [-0.25, -0.2) is 4.79 Å². The van der Waals surface area contributed by atoms with Crippen LogP contribution in [0.5, 0.6) is 11.5 Å². The zero-order valence-electron chi connectivity index (χ0n) is 19.9. The molecule has 186 valence electrons. The van der Waals surface area contributed by atoms with E-state index in [1.165, 1.54) is 5.56 Å². The van der Waals surface area contributed by atoms with Gasteiger partial charge in [0, 0.05) is 49.5 Å². The van der Waals surface area contributed by atoms with Crippen LogP contribution >= 0.6 is 0 Å². The van der Waals surface area contributed by atoms with E-state index >= 15 is 0 Å². The van der Waals surface area contributed by atoms with Crippen molar-refractivity contribution in [1.29, 1.82) is 0 Å². The van der Waals surface area contributed by atoms with E-state index in [0.717, 1.165) is 36.3 Å². The quantitative estimate of drug-likeness (QED) is 0.521. The average molecular weight is 490 g/mol. The number of nitrogens with one attached hydrogen (secondary N) is 2. The minimum atomic E-state index is -0.377. The summed E-state index contributed by atoms with van der Waals surface area (Å²) in [6.07, 6.45) is 1.25. The molecule has 10 nitrogen and oxygen atoms in total. The molecule has 2 aromatic carbocycles. The summed E-state index contributed by atoms with van der Waals surface area (Å²) in [4.78, 5) is 32.5. The number of hydrogen-bond donors (Lipinski definition) is 2. The molecule has 36 heavy (non-hydrogen) atoms. The summed E-state index contributed by atoms with van der Waals surface area (Å²) in [5.41, 5.74) is 3.38. The average Bonchev–Trinajstić information content (AvgIpc) is 3.24. The molecule has 1 atom stereocenters. The van der Waals surface area contributed by atoms with Crippen LogP contribution in [-0.4, -0.2) is 73.9 Å². The minimum Gasteiger partial charge on any atom is -0.497 e. The molecule has 3 aromatic rings. The number of methoxy groups -OCH3 is 1. The van der Waals surface area contributed by atoms with Crippen LogP contribution in [-0.2, 0) is 16.1 Å². The van der Waals surface area contributed by atoms with Crippen LogP contribution in [0.3, 0.4) is 0 Å². The van der Waals surface area contributed by atoms with Gasteiger partial charge in [-0.1, -0.05) is 0 Å². The Balaban J connectivity index is 1.01. The molecule has 0 aliphatic carbocycles. The number of cyclic esters (lactones) is 1. The molecule has 3 aliphatic heterocycles. The van der Waals surface area contributed by atoms with E-state index in [0.29, 0.717) is 36.3 Å². The second-order valence-corrected chi connectivity index (χ2v) is 9.28. The molecule has 6 rings (SSSR count). The van der Waals surface area contributed by atoms with Gasteiger partial charge < -0.3 is 24.8 Å². The molecule has 2 N–H and O–H groups in total. The van der Waals surface area contributed by atoms with E-state index < -0.39 is 0 Å². The maximum atomic E-state index is 12.5. The van der Waals surface area contributed by atoms with Gasteiger partial charge in [0.1, 0.15) is 17.6 Å². The van der Waals surface area contributed by atoms with Crippen LogP contribution in [0.2, 0.25) is 0 Å². The number of aromatic nitrogens is 1. The number of rotatable bonds is 7. The van der Waals surface area contributed by atoms with E-state index in [2.05, 4.69) is 20.5 Å². The van der Waals surface area contributed by atoms with Crippen molar-refractivity contribution in [3.8, 4) is 11.5 Å². The molecular formula is C26H27N5O5. The van der Waals surface area contributed by atoms with E-state index in [1.807, 2.05) is 36.5 Å². The van der Waals surface area contributed by atoms with Crippen molar-refractivity contribution in [3.05, 3.63) is 54.2 Å². The van der Waals surface area contributed by atoms with E-state index in [1.54, 1.807) is 24.1 Å². The second-order valence-electron chi connectivity index (χ2n) is 9.28. The fourth-order valence-corrected chi connectivity index (χ4v) is 4.92. The molecular weight excluding hydrogens is 462 g/mol. The smallest absolute Gasteiger partial charge is 0.414 e. The fourth-order valence-electron chi connectivity index (χ4n) is 4.92. The summed E-state index contributed by atoms with van der Waals surface area (Å²) in [6, 6.07) is 13.6. The van der Waals surface area contributed by atoms with Gasteiger partial charge in [-0.05, 0) is 48.0 Å². The Bertz CT molecular complexity index is 1330. The highest BCUT2D eigenvalue weighted by Crippen LogP contribution is 2.33. The molecule has 2 saturated heterocycles. The van der Waals surface area contributed by atoms with Crippen molar-refractivity contribution in [2.45, 2.75) is 18.7 Å². The summed E-state index contributed by atoms with van der Waals surface area (Å²) < 4.78 is 16.4. The number of fused-ring (bicyclic) bond motifs is 2. The molecule has 0 radical (unpaired) electrons. The number of likely N-dealkylation sites (tertiary alicyclic amines) is 1. The SMILES string of the molecule is COc1ccc2nccc(CNC3CN(C[C@@H]4CN(c5ccc6c(c5)NC(=O)CO6)C(=O)O4)C3)c2c1.